The highest BCUT2D eigenvalue weighted by Crippen LogP contribution is 2.16. The topological polar surface area (TPSA) is 119 Å². The lowest BCUT2D eigenvalue weighted by atomic mass is 10.4. The summed E-state index contributed by atoms with van der Waals surface area (Å²) < 4.78 is 32.8. The monoisotopic (exact) mass is 299 g/mol. The van der Waals surface area contributed by atoms with Gasteiger partial charge in [0.2, 0.25) is 0 Å². The molecule has 0 aliphatic rings. The summed E-state index contributed by atoms with van der Waals surface area (Å²) in [6.07, 6.45) is 2.68. The van der Waals surface area contributed by atoms with Crippen molar-refractivity contribution in [2.24, 2.45) is 7.05 Å². The van der Waals surface area contributed by atoms with Crippen LogP contribution < -0.4 is 4.72 Å². The number of nitrogens with one attached hydrogen (secondary N) is 2. The average Bonchev–Trinajstić information content (AvgIpc) is 2.98. The first-order chi connectivity index (χ1) is 9.44. The minimum Gasteiger partial charge on any atom is -0.462 e. The fourth-order valence-electron chi connectivity index (χ4n) is 1.49. The first-order valence-electron chi connectivity index (χ1n) is 5.67. The Balaban J connectivity index is 2.30. The van der Waals surface area contributed by atoms with Gasteiger partial charge in [0.1, 0.15) is 5.56 Å². The van der Waals surface area contributed by atoms with Crippen molar-refractivity contribution in [1.29, 1.82) is 0 Å². The number of hydrogen-bond acceptors (Lipinski definition) is 6. The third kappa shape index (κ3) is 2.79. The van der Waals surface area contributed by atoms with Crippen LogP contribution in [0.25, 0.3) is 0 Å². The second kappa shape index (κ2) is 5.33. The molecule has 2 aromatic heterocycles. The van der Waals surface area contributed by atoms with E-state index in [9.17, 15) is 13.2 Å². The largest absolute Gasteiger partial charge is 0.462 e. The van der Waals surface area contributed by atoms with Crippen molar-refractivity contribution in [3.8, 4) is 0 Å². The van der Waals surface area contributed by atoms with Gasteiger partial charge in [-0.25, -0.2) is 4.79 Å². The molecule has 20 heavy (non-hydrogen) atoms. The molecule has 0 radical (unpaired) electrons. The van der Waals surface area contributed by atoms with Crippen LogP contribution in [0.1, 0.15) is 17.3 Å². The zero-order valence-electron chi connectivity index (χ0n) is 10.8. The lowest BCUT2D eigenvalue weighted by Crippen LogP contribution is -2.18. The number of nitrogens with zero attached hydrogens (tertiary/aromatic N) is 3. The fraction of sp³-hybridized carbons (Fsp3) is 0.300. The summed E-state index contributed by atoms with van der Waals surface area (Å²) in [5.41, 5.74) is -0.157. The molecule has 2 aromatic rings. The molecule has 0 spiro atoms. The molecule has 0 unspecified atom stereocenters. The maximum atomic E-state index is 12.2. The zero-order chi connectivity index (χ0) is 14.8. The van der Waals surface area contributed by atoms with Crippen molar-refractivity contribution < 1.29 is 17.9 Å². The van der Waals surface area contributed by atoms with Gasteiger partial charge in [0.05, 0.1) is 12.8 Å². The number of rotatable bonds is 5. The number of carbonyl (C=O) groups excluding carboxylic acids is 1. The minimum absolute atomic E-state index is 0.136. The summed E-state index contributed by atoms with van der Waals surface area (Å²) in [6.45, 7) is 1.76. The molecule has 0 saturated carbocycles. The Morgan fingerprint density at radius 2 is 2.30 bits per heavy atom. The van der Waals surface area contributed by atoms with Crippen molar-refractivity contribution in [2.45, 2.75) is 11.9 Å². The summed E-state index contributed by atoms with van der Waals surface area (Å²) in [5.74, 6) is -0.625. The summed E-state index contributed by atoms with van der Waals surface area (Å²) in [4.78, 5) is 11.6. The highest BCUT2D eigenvalue weighted by molar-refractivity contribution is 7.92. The normalized spacial score (nSPS) is 11.3. The van der Waals surface area contributed by atoms with E-state index in [1.807, 2.05) is 0 Å². The molecule has 0 aliphatic heterocycles. The van der Waals surface area contributed by atoms with Gasteiger partial charge in [0.25, 0.3) is 10.0 Å². The molecule has 9 nitrogen and oxygen atoms in total. The second-order valence-electron chi connectivity index (χ2n) is 3.81. The van der Waals surface area contributed by atoms with Crippen molar-refractivity contribution in [3.63, 3.8) is 0 Å². The van der Waals surface area contributed by atoms with Gasteiger partial charge in [-0.15, -0.1) is 0 Å². The third-order valence-corrected chi connectivity index (χ3v) is 3.65. The molecule has 0 fully saturated rings. The van der Waals surface area contributed by atoms with E-state index in [1.165, 1.54) is 10.7 Å². The van der Waals surface area contributed by atoms with E-state index in [0.717, 1.165) is 6.20 Å². The number of anilines is 1. The quantitative estimate of drug-likeness (QED) is 0.757. The lowest BCUT2D eigenvalue weighted by Gasteiger charge is -2.05. The van der Waals surface area contributed by atoms with Gasteiger partial charge in [-0.1, -0.05) is 0 Å². The molecule has 2 N–H and O–H groups in total. The number of aromatic amines is 1. The Labute approximate surface area is 115 Å². The molecule has 0 bridgehead atoms. The highest BCUT2D eigenvalue weighted by Gasteiger charge is 2.26. The molecule has 0 atom stereocenters. The van der Waals surface area contributed by atoms with Gasteiger partial charge < -0.3 is 4.74 Å². The van der Waals surface area contributed by atoms with Gasteiger partial charge in [0.15, 0.2) is 10.8 Å². The predicted octanol–water partition coefficient (Wildman–Crippen LogP) is 0.121. The number of aryl methyl sites for hydroxylation is 1. The highest BCUT2D eigenvalue weighted by atomic mass is 32.2. The Kier molecular flexibility index (Phi) is 3.74. The molecular weight excluding hydrogens is 286 g/mol. The van der Waals surface area contributed by atoms with Gasteiger partial charge in [-0.2, -0.15) is 18.6 Å². The maximum absolute atomic E-state index is 12.2. The van der Waals surface area contributed by atoms with E-state index in [4.69, 9.17) is 4.74 Å². The Bertz CT molecular complexity index is 718. The molecule has 0 aromatic carbocycles. The SMILES string of the molecule is CCOC(=O)c1cn[nH]c1S(=O)(=O)Nc1ccn(C)n1. The van der Waals surface area contributed by atoms with E-state index in [0.29, 0.717) is 0 Å². The third-order valence-electron chi connectivity index (χ3n) is 2.32. The first kappa shape index (κ1) is 14.1. The van der Waals surface area contributed by atoms with Gasteiger partial charge in [-0.3, -0.25) is 14.5 Å². The van der Waals surface area contributed by atoms with Crippen LogP contribution in [0.15, 0.2) is 23.5 Å². The summed E-state index contributed by atoms with van der Waals surface area (Å²) in [6, 6.07) is 1.48. The molecule has 0 saturated heterocycles. The lowest BCUT2D eigenvalue weighted by molar-refractivity contribution is 0.0522. The molecule has 2 heterocycles. The Morgan fingerprint density at radius 3 is 2.90 bits per heavy atom. The van der Waals surface area contributed by atoms with Gasteiger partial charge in [0, 0.05) is 19.3 Å². The van der Waals surface area contributed by atoms with Crippen molar-refractivity contribution in [2.75, 3.05) is 11.3 Å². The van der Waals surface area contributed by atoms with Crippen molar-refractivity contribution >= 4 is 21.8 Å². The summed E-state index contributed by atoms with van der Waals surface area (Å²) in [7, 11) is -2.34. The number of ether oxygens (including phenoxy) is 1. The molecule has 0 aliphatic carbocycles. The number of hydrogen-bond donors (Lipinski definition) is 2. The molecule has 2 rings (SSSR count). The van der Waals surface area contributed by atoms with E-state index < -0.39 is 16.0 Å². The molecular formula is C10H13N5O4S. The van der Waals surface area contributed by atoms with E-state index in [-0.39, 0.29) is 23.0 Å². The zero-order valence-corrected chi connectivity index (χ0v) is 11.6. The van der Waals surface area contributed by atoms with Gasteiger partial charge in [-0.05, 0) is 6.92 Å². The summed E-state index contributed by atoms with van der Waals surface area (Å²) in [5, 5.41) is 9.38. The van der Waals surface area contributed by atoms with Crippen LogP contribution in [0.3, 0.4) is 0 Å². The van der Waals surface area contributed by atoms with Gasteiger partial charge >= 0.3 is 5.97 Å². The smallest absolute Gasteiger partial charge is 0.342 e. The van der Waals surface area contributed by atoms with Crippen molar-refractivity contribution in [1.82, 2.24) is 20.0 Å². The Morgan fingerprint density at radius 1 is 1.55 bits per heavy atom. The maximum Gasteiger partial charge on any atom is 0.342 e. The van der Waals surface area contributed by atoms with Crippen LogP contribution in [0.2, 0.25) is 0 Å². The Hall–Kier alpha value is -2.36. The molecule has 0 amide bonds. The van der Waals surface area contributed by atoms with Crippen LogP contribution in [-0.4, -0.2) is 41.0 Å². The standard InChI is InChI=1S/C10H13N5O4S/c1-3-19-10(16)7-6-11-12-9(7)20(17,18)14-8-4-5-15(2)13-8/h4-6H,3H2,1-2H3,(H,11,12)(H,13,14). The van der Waals surface area contributed by atoms with Crippen LogP contribution in [0.5, 0.6) is 0 Å². The predicted molar refractivity (Wildman–Crippen MR) is 68.6 cm³/mol. The molecule has 10 heteroatoms. The summed E-state index contributed by atoms with van der Waals surface area (Å²) >= 11 is 0. The average molecular weight is 299 g/mol. The number of esters is 1. The van der Waals surface area contributed by atoms with Crippen molar-refractivity contribution in [3.05, 3.63) is 24.0 Å². The number of carbonyl (C=O) groups is 1. The minimum atomic E-state index is -4.00. The van der Waals surface area contributed by atoms with E-state index in [1.54, 1.807) is 20.2 Å². The number of H-pyrrole nitrogens is 1. The van der Waals surface area contributed by atoms with E-state index >= 15 is 0 Å². The fourth-order valence-corrected chi connectivity index (χ4v) is 2.58. The number of sulfonamides is 1. The van der Waals surface area contributed by atoms with Crippen LogP contribution in [-0.2, 0) is 21.8 Å². The van der Waals surface area contributed by atoms with Crippen LogP contribution >= 0.6 is 0 Å². The second-order valence-corrected chi connectivity index (χ2v) is 5.43. The molecule has 108 valence electrons. The number of aromatic nitrogens is 4. The van der Waals surface area contributed by atoms with Crippen LogP contribution in [0, 0.1) is 0 Å². The van der Waals surface area contributed by atoms with Crippen LogP contribution in [0.4, 0.5) is 5.82 Å². The van der Waals surface area contributed by atoms with E-state index in [2.05, 4.69) is 20.0 Å². The first-order valence-corrected chi connectivity index (χ1v) is 7.15.